The number of halogens is 2. The second kappa shape index (κ2) is 5.12. The summed E-state index contributed by atoms with van der Waals surface area (Å²) in [4.78, 5) is 12.0. The zero-order chi connectivity index (χ0) is 13.4. The first-order valence-electron chi connectivity index (χ1n) is 6.87. The molecule has 2 aliphatic rings. The lowest BCUT2D eigenvalue weighted by Crippen LogP contribution is -2.20. The Bertz CT molecular complexity index is 505. The fourth-order valence-electron chi connectivity index (χ4n) is 3.67. The molecule has 3 atom stereocenters. The number of nitrogens with one attached hydrogen (secondary N) is 1. The summed E-state index contributed by atoms with van der Waals surface area (Å²) in [5.41, 5.74) is 0.181. The molecule has 4 heteroatoms. The summed E-state index contributed by atoms with van der Waals surface area (Å²) < 4.78 is 13.7. The third-order valence-corrected chi connectivity index (χ3v) is 4.85. The minimum absolute atomic E-state index is 0.0396. The number of rotatable bonds is 3. The second-order valence-electron chi connectivity index (χ2n) is 5.79. The SMILES string of the molecule is O=C(C[C@@H]1C[C@H]2CC[C@@H]1C2)Nc1cccc(Cl)c1F. The Morgan fingerprint density at radius 3 is 2.89 bits per heavy atom. The van der Waals surface area contributed by atoms with E-state index in [1.54, 1.807) is 12.1 Å². The molecular formula is C15H17ClFNO. The number of amides is 1. The average molecular weight is 282 g/mol. The fraction of sp³-hybridized carbons (Fsp3) is 0.533. The lowest BCUT2D eigenvalue weighted by molar-refractivity contribution is -0.117. The minimum Gasteiger partial charge on any atom is -0.324 e. The van der Waals surface area contributed by atoms with E-state index < -0.39 is 5.82 Å². The van der Waals surface area contributed by atoms with Crippen LogP contribution >= 0.6 is 11.6 Å². The van der Waals surface area contributed by atoms with E-state index in [9.17, 15) is 9.18 Å². The number of carbonyl (C=O) groups is 1. The molecule has 0 unspecified atom stereocenters. The quantitative estimate of drug-likeness (QED) is 0.882. The Kier molecular flexibility index (Phi) is 3.48. The summed E-state index contributed by atoms with van der Waals surface area (Å²) in [5.74, 6) is 1.37. The van der Waals surface area contributed by atoms with E-state index in [1.807, 2.05) is 0 Å². The zero-order valence-electron chi connectivity index (χ0n) is 10.7. The van der Waals surface area contributed by atoms with Crippen LogP contribution in [0.1, 0.15) is 32.1 Å². The molecule has 102 valence electrons. The molecule has 0 saturated heterocycles. The Labute approximate surface area is 117 Å². The molecule has 2 bridgehead atoms. The fourth-order valence-corrected chi connectivity index (χ4v) is 3.84. The van der Waals surface area contributed by atoms with Crippen LogP contribution in [-0.4, -0.2) is 5.91 Å². The van der Waals surface area contributed by atoms with Crippen molar-refractivity contribution in [3.05, 3.63) is 29.0 Å². The van der Waals surface area contributed by atoms with Crippen LogP contribution in [0.2, 0.25) is 5.02 Å². The molecule has 1 amide bonds. The smallest absolute Gasteiger partial charge is 0.224 e. The van der Waals surface area contributed by atoms with E-state index in [2.05, 4.69) is 5.32 Å². The van der Waals surface area contributed by atoms with E-state index in [-0.39, 0.29) is 16.6 Å². The van der Waals surface area contributed by atoms with Crippen molar-refractivity contribution in [2.75, 3.05) is 5.32 Å². The first-order chi connectivity index (χ1) is 9.13. The highest BCUT2D eigenvalue weighted by molar-refractivity contribution is 6.31. The molecule has 0 spiro atoms. The molecule has 2 saturated carbocycles. The van der Waals surface area contributed by atoms with Crippen molar-refractivity contribution in [1.82, 2.24) is 0 Å². The van der Waals surface area contributed by atoms with Gasteiger partial charge in [0, 0.05) is 6.42 Å². The summed E-state index contributed by atoms with van der Waals surface area (Å²) in [6, 6.07) is 4.65. The summed E-state index contributed by atoms with van der Waals surface area (Å²) >= 11 is 5.69. The molecule has 3 rings (SSSR count). The van der Waals surface area contributed by atoms with Crippen LogP contribution in [0, 0.1) is 23.6 Å². The Hall–Kier alpha value is -1.09. The van der Waals surface area contributed by atoms with E-state index in [4.69, 9.17) is 11.6 Å². The monoisotopic (exact) mass is 281 g/mol. The van der Waals surface area contributed by atoms with Crippen molar-refractivity contribution < 1.29 is 9.18 Å². The predicted molar refractivity (Wildman–Crippen MR) is 73.6 cm³/mol. The van der Waals surface area contributed by atoms with Gasteiger partial charge in [-0.05, 0) is 49.1 Å². The van der Waals surface area contributed by atoms with Gasteiger partial charge in [-0.3, -0.25) is 4.79 Å². The lowest BCUT2D eigenvalue weighted by Gasteiger charge is -2.21. The number of hydrogen-bond acceptors (Lipinski definition) is 1. The van der Waals surface area contributed by atoms with E-state index >= 15 is 0 Å². The van der Waals surface area contributed by atoms with Gasteiger partial charge in [-0.2, -0.15) is 0 Å². The van der Waals surface area contributed by atoms with Crippen LogP contribution in [0.4, 0.5) is 10.1 Å². The van der Waals surface area contributed by atoms with Gasteiger partial charge in [-0.15, -0.1) is 0 Å². The van der Waals surface area contributed by atoms with Crippen LogP contribution in [0.5, 0.6) is 0 Å². The van der Waals surface area contributed by atoms with Gasteiger partial charge in [0.05, 0.1) is 10.7 Å². The van der Waals surface area contributed by atoms with E-state index in [1.165, 1.54) is 25.3 Å². The summed E-state index contributed by atoms with van der Waals surface area (Å²) in [6.45, 7) is 0. The molecule has 1 aromatic rings. The molecule has 19 heavy (non-hydrogen) atoms. The molecular weight excluding hydrogens is 265 g/mol. The van der Waals surface area contributed by atoms with Gasteiger partial charge < -0.3 is 5.32 Å². The maximum atomic E-state index is 13.7. The molecule has 2 nitrogen and oxygen atoms in total. The van der Waals surface area contributed by atoms with Crippen molar-refractivity contribution in [2.45, 2.75) is 32.1 Å². The summed E-state index contributed by atoms with van der Waals surface area (Å²) in [6.07, 6.45) is 5.53. The topological polar surface area (TPSA) is 29.1 Å². The number of carbonyl (C=O) groups excluding carboxylic acids is 1. The highest BCUT2D eigenvalue weighted by Gasteiger charge is 2.40. The highest BCUT2D eigenvalue weighted by Crippen LogP contribution is 2.49. The number of benzene rings is 1. The summed E-state index contributed by atoms with van der Waals surface area (Å²) in [5, 5.41) is 2.68. The third kappa shape index (κ3) is 2.62. The third-order valence-electron chi connectivity index (χ3n) is 4.56. The van der Waals surface area contributed by atoms with Crippen molar-refractivity contribution in [3.8, 4) is 0 Å². The number of anilines is 1. The van der Waals surface area contributed by atoms with Gasteiger partial charge in [0.15, 0.2) is 5.82 Å². The first-order valence-corrected chi connectivity index (χ1v) is 7.25. The highest BCUT2D eigenvalue weighted by atomic mass is 35.5. The van der Waals surface area contributed by atoms with Gasteiger partial charge in [-0.1, -0.05) is 24.1 Å². The summed E-state index contributed by atoms with van der Waals surface area (Å²) in [7, 11) is 0. The van der Waals surface area contributed by atoms with Crippen LogP contribution in [-0.2, 0) is 4.79 Å². The van der Waals surface area contributed by atoms with Gasteiger partial charge in [-0.25, -0.2) is 4.39 Å². The van der Waals surface area contributed by atoms with Crippen molar-refractivity contribution in [1.29, 1.82) is 0 Å². The number of fused-ring (bicyclic) bond motifs is 2. The Morgan fingerprint density at radius 1 is 1.37 bits per heavy atom. The standard InChI is InChI=1S/C15H17ClFNO/c16-12-2-1-3-13(15(12)17)18-14(19)8-11-7-9-4-5-10(11)6-9/h1-3,9-11H,4-8H2,(H,18,19)/t9-,10+,11-/m0/s1. The van der Waals surface area contributed by atoms with Gasteiger partial charge in [0.2, 0.25) is 5.91 Å². The maximum Gasteiger partial charge on any atom is 0.224 e. The van der Waals surface area contributed by atoms with Gasteiger partial charge >= 0.3 is 0 Å². The van der Waals surface area contributed by atoms with Crippen LogP contribution in [0.3, 0.4) is 0 Å². The van der Waals surface area contributed by atoms with Gasteiger partial charge in [0.25, 0.3) is 0 Å². The molecule has 0 aromatic heterocycles. The molecule has 0 aliphatic heterocycles. The van der Waals surface area contributed by atoms with Crippen LogP contribution in [0.25, 0.3) is 0 Å². The lowest BCUT2D eigenvalue weighted by atomic mass is 9.86. The second-order valence-corrected chi connectivity index (χ2v) is 6.20. The van der Waals surface area contributed by atoms with Crippen molar-refractivity contribution in [2.24, 2.45) is 17.8 Å². The molecule has 2 fully saturated rings. The van der Waals surface area contributed by atoms with E-state index in [0.717, 1.165) is 12.3 Å². The molecule has 0 heterocycles. The molecule has 1 aromatic carbocycles. The van der Waals surface area contributed by atoms with Crippen molar-refractivity contribution in [3.63, 3.8) is 0 Å². The largest absolute Gasteiger partial charge is 0.324 e. The Morgan fingerprint density at radius 2 is 2.21 bits per heavy atom. The minimum atomic E-state index is -0.551. The molecule has 0 radical (unpaired) electrons. The maximum absolute atomic E-state index is 13.7. The van der Waals surface area contributed by atoms with Gasteiger partial charge in [0.1, 0.15) is 0 Å². The average Bonchev–Trinajstić information content (AvgIpc) is 2.97. The normalized spacial score (nSPS) is 28.6. The van der Waals surface area contributed by atoms with E-state index in [0.29, 0.717) is 18.3 Å². The first kappa shape index (κ1) is 12.9. The predicted octanol–water partition coefficient (Wildman–Crippen LogP) is 4.24. The molecule has 1 N–H and O–H groups in total. The molecule has 2 aliphatic carbocycles. The van der Waals surface area contributed by atoms with Crippen LogP contribution < -0.4 is 5.32 Å². The number of hydrogen-bond donors (Lipinski definition) is 1. The van der Waals surface area contributed by atoms with Crippen molar-refractivity contribution >= 4 is 23.2 Å². The zero-order valence-corrected chi connectivity index (χ0v) is 11.4. The van der Waals surface area contributed by atoms with Crippen LogP contribution in [0.15, 0.2) is 18.2 Å². The Balaban J connectivity index is 1.61.